The van der Waals surface area contributed by atoms with Crippen molar-refractivity contribution in [2.75, 3.05) is 0 Å². The summed E-state index contributed by atoms with van der Waals surface area (Å²) in [5.74, 6) is 0.354. The van der Waals surface area contributed by atoms with Gasteiger partial charge in [-0.05, 0) is 31.2 Å². The number of benzene rings is 1. The van der Waals surface area contributed by atoms with Gasteiger partial charge in [-0.25, -0.2) is 9.78 Å². The van der Waals surface area contributed by atoms with Crippen LogP contribution in [0.4, 0.5) is 0 Å². The molecule has 0 saturated heterocycles. The fraction of sp³-hybridized carbons (Fsp3) is 0.176. The summed E-state index contributed by atoms with van der Waals surface area (Å²) in [4.78, 5) is 28.9. The Morgan fingerprint density at radius 1 is 1.28 bits per heavy atom. The molecule has 0 saturated carbocycles. The van der Waals surface area contributed by atoms with Gasteiger partial charge in [-0.2, -0.15) is 5.26 Å². The minimum Gasteiger partial charge on any atom is -0.444 e. The molecule has 0 atom stereocenters. The van der Waals surface area contributed by atoms with Gasteiger partial charge in [0.1, 0.15) is 17.9 Å². The molecule has 0 fully saturated rings. The standard InChI is InChI=1S/C17H13ClN4O3/c1-2-21-8-12(7-19)16(23)22(17(21)24)9-14-10-25-15(20-14)11-3-5-13(18)6-4-11/h3-6,8,10H,2,9H2,1H3. The van der Waals surface area contributed by atoms with Gasteiger partial charge < -0.3 is 4.42 Å². The lowest BCUT2D eigenvalue weighted by Crippen LogP contribution is -2.41. The van der Waals surface area contributed by atoms with Crippen LogP contribution in [-0.2, 0) is 13.1 Å². The quantitative estimate of drug-likeness (QED) is 0.714. The highest BCUT2D eigenvalue weighted by atomic mass is 35.5. The van der Waals surface area contributed by atoms with Gasteiger partial charge in [-0.1, -0.05) is 11.6 Å². The number of hydrogen-bond donors (Lipinski definition) is 0. The summed E-state index contributed by atoms with van der Waals surface area (Å²) in [6.07, 6.45) is 2.65. The van der Waals surface area contributed by atoms with Crippen molar-refractivity contribution >= 4 is 11.6 Å². The number of hydrogen-bond acceptors (Lipinski definition) is 5. The Hall–Kier alpha value is -3.11. The van der Waals surface area contributed by atoms with Gasteiger partial charge in [0.2, 0.25) is 5.89 Å². The molecule has 0 aliphatic rings. The maximum Gasteiger partial charge on any atom is 0.331 e. The third kappa shape index (κ3) is 3.25. The van der Waals surface area contributed by atoms with E-state index in [2.05, 4.69) is 4.98 Å². The lowest BCUT2D eigenvalue weighted by atomic mass is 10.2. The predicted molar refractivity (Wildman–Crippen MR) is 91.4 cm³/mol. The zero-order valence-electron chi connectivity index (χ0n) is 13.3. The molecule has 0 aliphatic heterocycles. The van der Waals surface area contributed by atoms with Gasteiger partial charge in [-0.3, -0.25) is 13.9 Å². The van der Waals surface area contributed by atoms with Crippen LogP contribution in [-0.4, -0.2) is 14.1 Å². The second kappa shape index (κ2) is 6.79. The van der Waals surface area contributed by atoms with E-state index in [0.717, 1.165) is 10.1 Å². The molecule has 2 heterocycles. The van der Waals surface area contributed by atoms with Crippen molar-refractivity contribution in [3.63, 3.8) is 0 Å². The minimum atomic E-state index is -0.645. The molecule has 1 aromatic carbocycles. The molecule has 0 bridgehead atoms. The normalized spacial score (nSPS) is 10.6. The molecule has 0 N–H and O–H groups in total. The van der Waals surface area contributed by atoms with E-state index in [4.69, 9.17) is 21.3 Å². The molecule has 0 unspecified atom stereocenters. The van der Waals surface area contributed by atoms with Crippen LogP contribution in [0.3, 0.4) is 0 Å². The first-order valence-electron chi connectivity index (χ1n) is 7.48. The number of halogens is 1. The van der Waals surface area contributed by atoms with Crippen molar-refractivity contribution in [2.24, 2.45) is 0 Å². The van der Waals surface area contributed by atoms with Crippen molar-refractivity contribution in [2.45, 2.75) is 20.0 Å². The number of nitriles is 1. The van der Waals surface area contributed by atoms with Crippen molar-refractivity contribution in [3.8, 4) is 17.5 Å². The SMILES string of the molecule is CCn1cc(C#N)c(=O)n(Cc2coc(-c3ccc(Cl)cc3)n2)c1=O. The molecule has 0 aliphatic carbocycles. The average molecular weight is 357 g/mol. The topological polar surface area (TPSA) is 93.8 Å². The lowest BCUT2D eigenvalue weighted by Gasteiger charge is -2.07. The summed E-state index contributed by atoms with van der Waals surface area (Å²) in [6.45, 7) is 2.03. The molecule has 0 radical (unpaired) electrons. The fourth-order valence-corrected chi connectivity index (χ4v) is 2.49. The van der Waals surface area contributed by atoms with Gasteiger partial charge >= 0.3 is 5.69 Å². The minimum absolute atomic E-state index is 0.0791. The number of rotatable bonds is 4. The van der Waals surface area contributed by atoms with E-state index in [1.165, 1.54) is 17.0 Å². The van der Waals surface area contributed by atoms with E-state index in [1.54, 1.807) is 31.2 Å². The fourth-order valence-electron chi connectivity index (χ4n) is 2.36. The summed E-state index contributed by atoms with van der Waals surface area (Å²) < 4.78 is 7.70. The van der Waals surface area contributed by atoms with Gasteiger partial charge in [0.15, 0.2) is 0 Å². The summed E-state index contributed by atoms with van der Waals surface area (Å²) in [5.41, 5.74) is -0.111. The molecule has 8 heteroatoms. The van der Waals surface area contributed by atoms with E-state index in [-0.39, 0.29) is 12.1 Å². The van der Waals surface area contributed by atoms with E-state index in [0.29, 0.717) is 23.2 Å². The molecule has 25 heavy (non-hydrogen) atoms. The van der Waals surface area contributed by atoms with Crippen molar-refractivity contribution in [3.05, 3.63) is 73.8 Å². The van der Waals surface area contributed by atoms with Crippen molar-refractivity contribution in [1.29, 1.82) is 5.26 Å². The average Bonchev–Trinajstić information content (AvgIpc) is 3.08. The Bertz CT molecular complexity index is 1070. The first-order valence-corrected chi connectivity index (χ1v) is 7.86. The number of aromatic nitrogens is 3. The summed E-state index contributed by atoms with van der Waals surface area (Å²) in [7, 11) is 0. The molecule has 0 spiro atoms. The van der Waals surface area contributed by atoms with Crippen molar-refractivity contribution < 1.29 is 4.42 Å². The van der Waals surface area contributed by atoms with Gasteiger partial charge in [0.05, 0.1) is 12.2 Å². The Labute approximate surface area is 147 Å². The van der Waals surface area contributed by atoms with Crippen LogP contribution >= 0.6 is 11.6 Å². The van der Waals surface area contributed by atoms with E-state index in [9.17, 15) is 9.59 Å². The molecule has 3 rings (SSSR count). The third-order valence-electron chi connectivity index (χ3n) is 3.66. The second-order valence-electron chi connectivity index (χ2n) is 5.27. The van der Waals surface area contributed by atoms with Crippen LogP contribution in [0.15, 0.2) is 50.7 Å². The maximum atomic E-state index is 12.4. The first kappa shape index (κ1) is 16.7. The zero-order chi connectivity index (χ0) is 18.0. The zero-order valence-corrected chi connectivity index (χ0v) is 14.0. The number of oxazole rings is 1. The molecule has 7 nitrogen and oxygen atoms in total. The molecule has 126 valence electrons. The van der Waals surface area contributed by atoms with Gasteiger partial charge in [-0.15, -0.1) is 0 Å². The molecular formula is C17H13ClN4O3. The lowest BCUT2D eigenvalue weighted by molar-refractivity contribution is 0.565. The Balaban J connectivity index is 1.99. The predicted octanol–water partition coefficient (Wildman–Crippen LogP) is 2.26. The molecular weight excluding hydrogens is 344 g/mol. The Morgan fingerprint density at radius 3 is 2.64 bits per heavy atom. The second-order valence-corrected chi connectivity index (χ2v) is 5.70. The molecule has 0 amide bonds. The Kier molecular flexibility index (Phi) is 4.55. The van der Waals surface area contributed by atoms with Gasteiger partial charge in [0.25, 0.3) is 5.56 Å². The van der Waals surface area contributed by atoms with Crippen LogP contribution in [0, 0.1) is 11.3 Å². The first-order chi connectivity index (χ1) is 12.0. The van der Waals surface area contributed by atoms with Crippen LogP contribution in [0.2, 0.25) is 5.02 Å². The summed E-state index contributed by atoms with van der Waals surface area (Å²) in [5, 5.41) is 9.66. The highest BCUT2D eigenvalue weighted by Crippen LogP contribution is 2.20. The Morgan fingerprint density at radius 2 is 2.00 bits per heavy atom. The molecule has 2 aromatic heterocycles. The van der Waals surface area contributed by atoms with Crippen molar-refractivity contribution in [1.82, 2.24) is 14.1 Å². The monoisotopic (exact) mass is 356 g/mol. The summed E-state index contributed by atoms with van der Waals surface area (Å²) in [6, 6.07) is 8.74. The van der Waals surface area contributed by atoms with E-state index < -0.39 is 11.2 Å². The highest BCUT2D eigenvalue weighted by molar-refractivity contribution is 6.30. The largest absolute Gasteiger partial charge is 0.444 e. The number of nitrogens with zero attached hydrogens (tertiary/aromatic N) is 4. The molecule has 3 aromatic rings. The van der Waals surface area contributed by atoms with Crippen LogP contribution in [0.25, 0.3) is 11.5 Å². The van der Waals surface area contributed by atoms with Crippen LogP contribution in [0.1, 0.15) is 18.2 Å². The summed E-state index contributed by atoms with van der Waals surface area (Å²) >= 11 is 5.85. The number of aryl methyl sites for hydroxylation is 1. The smallest absolute Gasteiger partial charge is 0.331 e. The third-order valence-corrected chi connectivity index (χ3v) is 3.91. The van der Waals surface area contributed by atoms with E-state index in [1.807, 2.05) is 6.07 Å². The van der Waals surface area contributed by atoms with Gasteiger partial charge in [0, 0.05) is 23.3 Å². The maximum absolute atomic E-state index is 12.4. The van der Waals surface area contributed by atoms with Crippen LogP contribution in [0.5, 0.6) is 0 Å². The van der Waals surface area contributed by atoms with Crippen LogP contribution < -0.4 is 11.2 Å². The highest BCUT2D eigenvalue weighted by Gasteiger charge is 2.14. The van der Waals surface area contributed by atoms with E-state index >= 15 is 0 Å².